The summed E-state index contributed by atoms with van der Waals surface area (Å²) >= 11 is 1.50. The van der Waals surface area contributed by atoms with Gasteiger partial charge in [0.1, 0.15) is 0 Å². The van der Waals surface area contributed by atoms with Crippen LogP contribution in [0.2, 0.25) is 38.8 Å². The van der Waals surface area contributed by atoms with Crippen molar-refractivity contribution in [1.82, 2.24) is 0 Å². The molecule has 0 heterocycles. The number of hydrogen-bond acceptors (Lipinski definition) is 1. The first-order valence-corrected chi connectivity index (χ1v) is 19.6. The average molecular weight is 606 g/mol. The summed E-state index contributed by atoms with van der Waals surface area (Å²) in [5, 5.41) is 7.32. The molecule has 2 aliphatic carbocycles. The van der Waals surface area contributed by atoms with Crippen LogP contribution in [-0.4, -0.2) is 23.0 Å². The van der Waals surface area contributed by atoms with Gasteiger partial charge in [-0.25, -0.2) is 0 Å². The van der Waals surface area contributed by atoms with Gasteiger partial charge in [-0.1, -0.05) is 0 Å². The largest absolute Gasteiger partial charge is 1.00 e. The second-order valence-electron chi connectivity index (χ2n) is 10.9. The molecule has 0 amide bonds. The van der Waals surface area contributed by atoms with Crippen molar-refractivity contribution in [1.29, 1.82) is 0 Å². The van der Waals surface area contributed by atoms with E-state index in [1.807, 2.05) is 0 Å². The van der Waals surface area contributed by atoms with Gasteiger partial charge in [-0.2, -0.15) is 0 Å². The molecule has 1 nitrogen and oxygen atoms in total. The Morgan fingerprint density at radius 2 is 1.53 bits per heavy atom. The Labute approximate surface area is 234 Å². The van der Waals surface area contributed by atoms with Crippen LogP contribution in [0.3, 0.4) is 0 Å². The van der Waals surface area contributed by atoms with E-state index < -0.39 is 16.4 Å². The quantitative estimate of drug-likeness (QED) is 0.422. The summed E-state index contributed by atoms with van der Waals surface area (Å²) in [7, 11) is -3.11. The van der Waals surface area contributed by atoms with E-state index in [4.69, 9.17) is 4.43 Å². The molecule has 0 unspecified atom stereocenters. The van der Waals surface area contributed by atoms with Crippen molar-refractivity contribution < 1.29 is 54.0 Å². The number of rotatable bonds is 6. The van der Waals surface area contributed by atoms with Crippen LogP contribution in [-0.2, 0) is 29.1 Å². The maximum atomic E-state index is 6.28. The Kier molecular flexibility index (Phi) is 9.87. The smallest absolute Gasteiger partial charge is 1.00 e. The van der Waals surface area contributed by atoms with Crippen molar-refractivity contribution >= 4 is 30.8 Å². The van der Waals surface area contributed by atoms with Crippen LogP contribution < -0.4 is 35.3 Å². The maximum Gasteiger partial charge on any atom is -1.00 e. The monoisotopic (exact) mass is 603 g/mol. The van der Waals surface area contributed by atoms with Crippen molar-refractivity contribution in [3.05, 3.63) is 85.7 Å². The predicted molar refractivity (Wildman–Crippen MR) is 139 cm³/mol. The third-order valence-corrected chi connectivity index (χ3v) is 12.4. The Morgan fingerprint density at radius 3 is 2.15 bits per heavy atom. The topological polar surface area (TPSA) is 9.23 Å². The third-order valence-electron chi connectivity index (χ3n) is 6.71. The van der Waals surface area contributed by atoms with Crippen LogP contribution in [0.15, 0.2) is 53.7 Å². The zero-order valence-electron chi connectivity index (χ0n) is 21.4. The van der Waals surface area contributed by atoms with Gasteiger partial charge in [0.2, 0.25) is 0 Å². The molecule has 2 aliphatic rings. The molecule has 0 bridgehead atoms. The van der Waals surface area contributed by atoms with Crippen LogP contribution in [0.25, 0.3) is 14.4 Å². The van der Waals surface area contributed by atoms with Crippen LogP contribution in [0.1, 0.15) is 31.4 Å². The standard InChI is InChI=1S/C28H35OSi2.2ClH.Zr/c1-20(2)22-15-16-24-23-12-9-8-11-21(23)19-26(24)28(22)25-13-10-14-27(25)31(6,7)18-17-29-30(3,4)5;;;/h8-12,14-16H,13,17-18H2,1-7H3;2*1H;/q;;;+2/p-2. The van der Waals surface area contributed by atoms with E-state index in [0.717, 1.165) is 13.0 Å². The van der Waals surface area contributed by atoms with Crippen LogP contribution in [0.5, 0.6) is 0 Å². The summed E-state index contributed by atoms with van der Waals surface area (Å²) < 4.78 is 7.80. The summed E-state index contributed by atoms with van der Waals surface area (Å²) in [6, 6.07) is 14.9. The zero-order chi connectivity index (χ0) is 23.3. The van der Waals surface area contributed by atoms with E-state index in [-0.39, 0.29) is 24.8 Å². The Bertz CT molecular complexity index is 1360. The molecule has 0 saturated carbocycles. The number of hydrogen-bond donors (Lipinski definition) is 0. The minimum Gasteiger partial charge on any atom is -1.00 e. The van der Waals surface area contributed by atoms with E-state index in [1.54, 1.807) is 10.8 Å². The van der Waals surface area contributed by atoms with Gasteiger partial charge in [0.15, 0.2) is 0 Å². The molecule has 2 aromatic carbocycles. The van der Waals surface area contributed by atoms with Gasteiger partial charge in [-0.15, -0.1) is 0 Å². The van der Waals surface area contributed by atoms with E-state index in [9.17, 15) is 0 Å². The molecule has 0 spiro atoms. The minimum absolute atomic E-state index is 0. The van der Waals surface area contributed by atoms with E-state index in [0.29, 0.717) is 0 Å². The summed E-state index contributed by atoms with van der Waals surface area (Å²) in [5.74, 6) is 0. The average Bonchev–Trinajstić information content (AvgIpc) is 3.31. The summed E-state index contributed by atoms with van der Waals surface area (Å²) in [6.45, 7) is 17.4. The molecule has 179 valence electrons. The van der Waals surface area contributed by atoms with E-state index in [2.05, 4.69) is 95.1 Å². The first kappa shape index (κ1) is 29.7. The van der Waals surface area contributed by atoms with Crippen LogP contribution in [0.4, 0.5) is 0 Å². The predicted octanol–water partition coefficient (Wildman–Crippen LogP) is 0.00138. The summed E-state index contributed by atoms with van der Waals surface area (Å²) in [5.41, 5.74) is 6.00. The fraction of sp³-hybridized carbons (Fsp3) is 0.357. The van der Waals surface area contributed by atoms with Crippen molar-refractivity contribution in [3.8, 4) is 0 Å². The van der Waals surface area contributed by atoms with Gasteiger partial charge in [-0.3, -0.25) is 0 Å². The van der Waals surface area contributed by atoms with Crippen LogP contribution >= 0.6 is 0 Å². The molecule has 0 N–H and O–H groups in total. The number of allylic oxidation sites excluding steroid dienone is 4. The number of benzene rings is 2. The zero-order valence-corrected chi connectivity index (χ0v) is 27.4. The van der Waals surface area contributed by atoms with Crippen molar-refractivity contribution in [2.24, 2.45) is 0 Å². The third kappa shape index (κ3) is 5.74. The van der Waals surface area contributed by atoms with Gasteiger partial charge < -0.3 is 24.8 Å². The molecule has 0 aromatic heterocycles. The van der Waals surface area contributed by atoms with Gasteiger partial charge in [0.05, 0.1) is 0 Å². The first-order valence-electron chi connectivity index (χ1n) is 11.7. The maximum absolute atomic E-state index is 6.28. The van der Waals surface area contributed by atoms with Gasteiger partial charge in [-0.05, 0) is 0 Å². The van der Waals surface area contributed by atoms with Gasteiger partial charge >= 0.3 is 211 Å². The van der Waals surface area contributed by atoms with Crippen molar-refractivity contribution in [2.45, 2.75) is 59.0 Å². The molecule has 0 aliphatic heterocycles. The summed E-state index contributed by atoms with van der Waals surface area (Å²) in [4.78, 5) is 0. The molecule has 0 atom stereocenters. The summed E-state index contributed by atoms with van der Waals surface area (Å²) in [6.07, 6.45) is 5.91. The molecule has 0 fully saturated rings. The van der Waals surface area contributed by atoms with Crippen LogP contribution in [0, 0.1) is 10.4 Å². The Morgan fingerprint density at radius 1 is 0.882 bits per heavy atom. The number of halogens is 2. The second kappa shape index (κ2) is 11.3. The second-order valence-corrected chi connectivity index (χ2v) is 21.5. The fourth-order valence-electron chi connectivity index (χ4n) is 5.01. The Hall–Kier alpha value is -0.483. The molecular formula is C28H35Cl2OSi2Zr. The normalized spacial score (nSPS) is 14.6. The minimum atomic E-state index is -1.63. The molecule has 4 rings (SSSR count). The first-order chi connectivity index (χ1) is 15.0. The molecule has 34 heavy (non-hydrogen) atoms. The van der Waals surface area contributed by atoms with Crippen molar-refractivity contribution in [3.63, 3.8) is 0 Å². The number of fused-ring (bicyclic) bond motifs is 2. The molecule has 0 radical (unpaired) electrons. The van der Waals surface area contributed by atoms with Crippen molar-refractivity contribution in [2.75, 3.05) is 6.61 Å². The SMILES string of the molecule is CC(C)=c1ccc2c(c1C1=C([Si](C)(C)CCO[Si](C)(C)C)C=CC1)[C]([Zr+2])=c1ccccc1=2.[Cl-].[Cl-]. The molecule has 6 heteroatoms. The fourth-order valence-corrected chi connectivity index (χ4v) is 9.60. The van der Waals surface area contributed by atoms with Gasteiger partial charge in [0.25, 0.3) is 0 Å². The van der Waals surface area contributed by atoms with E-state index >= 15 is 0 Å². The van der Waals surface area contributed by atoms with E-state index in [1.165, 1.54) is 71.6 Å². The Balaban J connectivity index is 0.00000204. The molecular weight excluding hydrogens is 571 g/mol. The van der Waals surface area contributed by atoms with Gasteiger partial charge in [0, 0.05) is 0 Å². The molecule has 2 aromatic rings. The molecule has 0 saturated heterocycles.